The normalized spacial score (nSPS) is 35.3. The molecule has 4 saturated heterocycles. The number of hydrogen-bond donors (Lipinski definition) is 7. The van der Waals surface area contributed by atoms with Gasteiger partial charge in [-0.2, -0.15) is 0 Å². The van der Waals surface area contributed by atoms with E-state index >= 15 is 0 Å². The van der Waals surface area contributed by atoms with Gasteiger partial charge in [-0.15, -0.1) is 0 Å². The van der Waals surface area contributed by atoms with Crippen molar-refractivity contribution in [2.24, 2.45) is 5.92 Å². The van der Waals surface area contributed by atoms with Gasteiger partial charge in [0.25, 0.3) is 0 Å². The van der Waals surface area contributed by atoms with Crippen LogP contribution in [-0.2, 0) is 31.8 Å². The molecule has 14 heteroatoms. The number of hydrogen-bond acceptors (Lipinski definition) is 14. The Morgan fingerprint density at radius 1 is 0.804 bits per heavy atom. The van der Waals surface area contributed by atoms with E-state index < -0.39 is 80.6 Å². The molecule has 1 aromatic carbocycles. The van der Waals surface area contributed by atoms with Crippen molar-refractivity contribution in [3.8, 4) is 5.75 Å². The van der Waals surface area contributed by atoms with Crippen LogP contribution < -0.4 is 4.74 Å². The van der Waals surface area contributed by atoms with Crippen molar-refractivity contribution in [2.45, 2.75) is 127 Å². The third-order valence-corrected chi connectivity index (χ3v) is 10.3. The van der Waals surface area contributed by atoms with Gasteiger partial charge < -0.3 is 59.4 Å². The van der Waals surface area contributed by atoms with Crippen LogP contribution in [0.2, 0.25) is 0 Å². The lowest BCUT2D eigenvalue weighted by molar-refractivity contribution is -0.352. The summed E-state index contributed by atoms with van der Waals surface area (Å²) >= 11 is 0. The molecule has 51 heavy (non-hydrogen) atoms. The molecule has 1 aromatic rings. The highest BCUT2D eigenvalue weighted by atomic mass is 16.7. The van der Waals surface area contributed by atoms with Crippen molar-refractivity contribution in [3.63, 3.8) is 0 Å². The van der Waals surface area contributed by atoms with E-state index in [1.165, 1.54) is 6.42 Å². The Bertz CT molecular complexity index is 1350. The molecule has 5 rings (SSSR count). The van der Waals surface area contributed by atoms with Gasteiger partial charge in [0.05, 0.1) is 25.4 Å². The van der Waals surface area contributed by atoms with Gasteiger partial charge in [-0.1, -0.05) is 23.3 Å². The number of nitrogens with zero attached hydrogens (tertiary/aromatic N) is 1. The quantitative estimate of drug-likeness (QED) is 0.108. The molecular weight excluding hydrogens is 666 g/mol. The molecule has 286 valence electrons. The van der Waals surface area contributed by atoms with E-state index in [4.69, 9.17) is 23.7 Å². The molecule has 4 fully saturated rings. The van der Waals surface area contributed by atoms with E-state index in [9.17, 15) is 40.5 Å². The van der Waals surface area contributed by atoms with E-state index in [0.29, 0.717) is 53.8 Å². The fourth-order valence-corrected chi connectivity index (χ4v) is 7.37. The number of carbonyl (C=O) groups excluding carboxylic acids is 1. The van der Waals surface area contributed by atoms with Crippen LogP contribution in [0.4, 0.5) is 0 Å². The summed E-state index contributed by atoms with van der Waals surface area (Å²) in [6, 6.07) is 3.87. The number of carbonyl (C=O) groups is 1. The molecule has 0 spiro atoms. The van der Waals surface area contributed by atoms with Gasteiger partial charge in [0.15, 0.2) is 6.29 Å². The van der Waals surface area contributed by atoms with Crippen LogP contribution >= 0.6 is 0 Å². The first-order valence-electron chi connectivity index (χ1n) is 17.9. The third kappa shape index (κ3) is 9.19. The number of benzene rings is 1. The van der Waals surface area contributed by atoms with E-state index in [-0.39, 0.29) is 0 Å². The molecule has 12 atom stereocenters. The first-order valence-corrected chi connectivity index (χ1v) is 17.9. The van der Waals surface area contributed by atoms with Crippen molar-refractivity contribution in [1.29, 1.82) is 0 Å². The molecule has 0 aromatic heterocycles. The van der Waals surface area contributed by atoms with Crippen molar-refractivity contribution in [2.75, 3.05) is 32.9 Å². The van der Waals surface area contributed by atoms with E-state index in [0.717, 1.165) is 37.1 Å². The SMILES string of the molecule is CC(C)=CCc1cc(C(=O)OC[C@H]2CCN3CCC[C@@H]23)cc(CC=C(C)C)c1O[C@@H]1O[C@H](CO)[C@@H](O[C@@H]2O[C@H](CO)[C@@H](O)[C@H](O)[C@H]2O)[C@H](O)[C@H]1O. The Labute approximate surface area is 298 Å². The second-order valence-electron chi connectivity index (χ2n) is 14.6. The van der Waals surface area contributed by atoms with Crippen molar-refractivity contribution >= 4 is 5.97 Å². The summed E-state index contributed by atoms with van der Waals surface area (Å²) in [5.74, 6) is 0.201. The van der Waals surface area contributed by atoms with Gasteiger partial charge >= 0.3 is 5.97 Å². The second kappa shape index (κ2) is 17.6. The standard InChI is InChI=1S/C37H55NO13/c1-19(2)7-9-21-14-24(35(46)47-18-23-11-13-38-12-5-6-25(23)38)15-22(10-8-20(3)4)33(21)50-37-32(45)30(43)34(27(17-40)49-37)51-36-31(44)29(42)28(41)26(16-39)48-36/h7-8,14-15,23,25-32,34,36-37,39-45H,5-6,9-13,16-18H2,1-4H3/t23-,25+,26-,27-,28-,29+,30-,31-,32-,34-,36+,37+/m1/s1. The van der Waals surface area contributed by atoms with Crippen molar-refractivity contribution < 1.29 is 64.2 Å². The number of fused-ring (bicyclic) bond motifs is 1. The lowest BCUT2D eigenvalue weighted by Crippen LogP contribution is -2.65. The van der Waals surface area contributed by atoms with Crippen molar-refractivity contribution in [1.82, 2.24) is 4.90 Å². The minimum atomic E-state index is -1.78. The topological polar surface area (TPSA) is 208 Å². The zero-order valence-corrected chi connectivity index (χ0v) is 29.8. The molecule has 4 aliphatic heterocycles. The Balaban J connectivity index is 1.39. The highest BCUT2D eigenvalue weighted by molar-refractivity contribution is 5.90. The highest BCUT2D eigenvalue weighted by Gasteiger charge is 2.51. The number of allylic oxidation sites excluding steroid dienone is 4. The van der Waals surface area contributed by atoms with E-state index in [2.05, 4.69) is 4.90 Å². The minimum absolute atomic E-state index is 0.304. The molecule has 14 nitrogen and oxygen atoms in total. The summed E-state index contributed by atoms with van der Waals surface area (Å²) in [5, 5.41) is 73.1. The molecule has 0 amide bonds. The van der Waals surface area contributed by atoms with Crippen LogP contribution in [-0.4, -0.2) is 147 Å². The lowest BCUT2D eigenvalue weighted by atomic mass is 9.96. The molecule has 0 radical (unpaired) electrons. The van der Waals surface area contributed by atoms with Crippen LogP contribution in [0, 0.1) is 5.92 Å². The predicted molar refractivity (Wildman–Crippen MR) is 183 cm³/mol. The summed E-state index contributed by atoms with van der Waals surface area (Å²) in [6.45, 7) is 8.86. The Hall–Kier alpha value is -2.47. The maximum absolute atomic E-state index is 13.5. The highest BCUT2D eigenvalue weighted by Crippen LogP contribution is 2.36. The monoisotopic (exact) mass is 721 g/mol. The average molecular weight is 722 g/mol. The zero-order chi connectivity index (χ0) is 37.0. The first kappa shape index (κ1) is 39.7. The van der Waals surface area contributed by atoms with Gasteiger partial charge in [-0.25, -0.2) is 4.79 Å². The maximum Gasteiger partial charge on any atom is 0.338 e. The number of ether oxygens (including phenoxy) is 5. The summed E-state index contributed by atoms with van der Waals surface area (Å²) in [7, 11) is 0. The van der Waals surface area contributed by atoms with Gasteiger partial charge in [-0.05, 0) is 96.1 Å². The number of rotatable bonds is 13. The van der Waals surface area contributed by atoms with Crippen LogP contribution in [0.3, 0.4) is 0 Å². The molecular formula is C37H55NO13. The van der Waals surface area contributed by atoms with Crippen LogP contribution in [0.15, 0.2) is 35.4 Å². The van der Waals surface area contributed by atoms with Gasteiger partial charge in [0, 0.05) is 12.0 Å². The fraction of sp³-hybridized carbons (Fsp3) is 0.703. The summed E-state index contributed by atoms with van der Waals surface area (Å²) in [4.78, 5) is 16.0. The average Bonchev–Trinajstić information content (AvgIpc) is 3.73. The van der Waals surface area contributed by atoms with Gasteiger partial charge in [0.2, 0.25) is 6.29 Å². The second-order valence-corrected chi connectivity index (χ2v) is 14.6. The first-order chi connectivity index (χ1) is 24.3. The van der Waals surface area contributed by atoms with Crippen molar-refractivity contribution in [3.05, 3.63) is 52.1 Å². The summed E-state index contributed by atoms with van der Waals surface area (Å²) in [6.07, 6.45) is -7.85. The minimum Gasteiger partial charge on any atom is -0.462 e. The summed E-state index contributed by atoms with van der Waals surface area (Å²) < 4.78 is 29.3. The van der Waals surface area contributed by atoms with Crippen LogP contribution in [0.5, 0.6) is 5.75 Å². The molecule has 7 N–H and O–H groups in total. The number of aliphatic hydroxyl groups is 7. The van der Waals surface area contributed by atoms with Gasteiger partial charge in [-0.3, -0.25) is 4.90 Å². The molecule has 4 aliphatic rings. The Kier molecular flexibility index (Phi) is 13.7. The molecule has 4 heterocycles. The number of esters is 1. The smallest absolute Gasteiger partial charge is 0.338 e. The molecule has 0 bridgehead atoms. The molecule has 0 saturated carbocycles. The molecule has 0 unspecified atom stereocenters. The Morgan fingerprint density at radius 2 is 1.41 bits per heavy atom. The zero-order valence-electron chi connectivity index (χ0n) is 29.8. The van der Waals surface area contributed by atoms with Crippen LogP contribution in [0.25, 0.3) is 0 Å². The van der Waals surface area contributed by atoms with E-state index in [1.54, 1.807) is 12.1 Å². The third-order valence-electron chi connectivity index (χ3n) is 10.3. The largest absolute Gasteiger partial charge is 0.462 e. The maximum atomic E-state index is 13.5. The lowest BCUT2D eigenvalue weighted by Gasteiger charge is -2.46. The summed E-state index contributed by atoms with van der Waals surface area (Å²) in [5.41, 5.74) is 3.66. The van der Waals surface area contributed by atoms with Gasteiger partial charge in [0.1, 0.15) is 54.6 Å². The fourth-order valence-electron chi connectivity index (χ4n) is 7.37. The van der Waals surface area contributed by atoms with Crippen LogP contribution in [0.1, 0.15) is 68.4 Å². The van der Waals surface area contributed by atoms with E-state index in [1.807, 2.05) is 39.8 Å². The number of aliphatic hydroxyl groups excluding tert-OH is 7. The predicted octanol–water partition coefficient (Wildman–Crippen LogP) is 0.348. The Morgan fingerprint density at radius 3 is 2.02 bits per heavy atom. The molecule has 0 aliphatic carbocycles.